The van der Waals surface area contributed by atoms with E-state index in [1.807, 2.05) is 30.0 Å². The summed E-state index contributed by atoms with van der Waals surface area (Å²) in [6, 6.07) is 3.18. The standard InChI is InChI=1S/C23H34N4O3SSi/c1-6-8-17(13-20(28)30-7-2)23-24-14-19(31-23)21-18-9-10-27(22(18)26-15-25-21)16-29-11-12-32(3,4)5/h9-10,14-15,17H,6-8,11-13,16H2,1-5H3. The monoisotopic (exact) mass is 474 g/mol. The van der Waals surface area contributed by atoms with Crippen LogP contribution in [0.1, 0.15) is 44.0 Å². The summed E-state index contributed by atoms with van der Waals surface area (Å²) >= 11 is 1.60. The lowest BCUT2D eigenvalue weighted by molar-refractivity contribution is -0.143. The third kappa shape index (κ3) is 6.46. The lowest BCUT2D eigenvalue weighted by Crippen LogP contribution is -2.22. The van der Waals surface area contributed by atoms with Crippen LogP contribution in [0, 0.1) is 0 Å². The fourth-order valence-corrected chi connectivity index (χ4v) is 5.33. The number of nitrogens with zero attached hydrogens (tertiary/aromatic N) is 4. The number of hydrogen-bond donors (Lipinski definition) is 0. The Balaban J connectivity index is 1.77. The van der Waals surface area contributed by atoms with Crippen molar-refractivity contribution < 1.29 is 14.3 Å². The van der Waals surface area contributed by atoms with Gasteiger partial charge in [-0.15, -0.1) is 11.3 Å². The smallest absolute Gasteiger partial charge is 0.306 e. The van der Waals surface area contributed by atoms with Crippen molar-refractivity contribution in [2.24, 2.45) is 0 Å². The molecule has 0 aromatic carbocycles. The summed E-state index contributed by atoms with van der Waals surface area (Å²) < 4.78 is 13.1. The number of aromatic nitrogens is 4. The van der Waals surface area contributed by atoms with Crippen LogP contribution in [-0.4, -0.2) is 46.8 Å². The van der Waals surface area contributed by atoms with E-state index in [0.717, 1.165) is 52.1 Å². The van der Waals surface area contributed by atoms with Gasteiger partial charge in [0.2, 0.25) is 0 Å². The van der Waals surface area contributed by atoms with Crippen LogP contribution in [0.5, 0.6) is 0 Å². The molecule has 0 spiro atoms. The first-order chi connectivity index (χ1) is 15.3. The normalized spacial score (nSPS) is 12.9. The van der Waals surface area contributed by atoms with Gasteiger partial charge < -0.3 is 14.0 Å². The van der Waals surface area contributed by atoms with E-state index in [4.69, 9.17) is 9.47 Å². The van der Waals surface area contributed by atoms with E-state index >= 15 is 0 Å². The van der Waals surface area contributed by atoms with Gasteiger partial charge in [-0.2, -0.15) is 0 Å². The minimum absolute atomic E-state index is 0.0690. The van der Waals surface area contributed by atoms with E-state index < -0.39 is 8.07 Å². The molecule has 174 valence electrons. The van der Waals surface area contributed by atoms with Crippen molar-refractivity contribution in [3.8, 4) is 10.6 Å². The average Bonchev–Trinajstić information content (AvgIpc) is 3.38. The summed E-state index contributed by atoms with van der Waals surface area (Å²) in [5.41, 5.74) is 1.72. The second-order valence-electron chi connectivity index (χ2n) is 9.15. The topological polar surface area (TPSA) is 79.1 Å². The van der Waals surface area contributed by atoms with Crippen molar-refractivity contribution in [1.29, 1.82) is 0 Å². The van der Waals surface area contributed by atoms with Gasteiger partial charge in [-0.3, -0.25) is 4.79 Å². The molecule has 3 aromatic heterocycles. The zero-order valence-electron chi connectivity index (χ0n) is 19.8. The molecule has 0 radical (unpaired) electrons. The van der Waals surface area contributed by atoms with Crippen molar-refractivity contribution >= 4 is 36.4 Å². The van der Waals surface area contributed by atoms with Crippen LogP contribution < -0.4 is 0 Å². The summed E-state index contributed by atoms with van der Waals surface area (Å²) in [4.78, 5) is 26.7. The molecule has 1 unspecified atom stereocenters. The Morgan fingerprint density at radius 3 is 2.75 bits per heavy atom. The number of carbonyl (C=O) groups is 1. The highest BCUT2D eigenvalue weighted by atomic mass is 32.1. The van der Waals surface area contributed by atoms with E-state index in [1.54, 1.807) is 17.7 Å². The third-order valence-corrected chi connectivity index (χ3v) is 8.12. The fraction of sp³-hybridized carbons (Fsp3) is 0.565. The summed E-state index contributed by atoms with van der Waals surface area (Å²) in [5.74, 6) is -0.0992. The predicted molar refractivity (Wildman–Crippen MR) is 132 cm³/mol. The van der Waals surface area contributed by atoms with Gasteiger partial charge in [0.15, 0.2) is 0 Å². The van der Waals surface area contributed by atoms with Gasteiger partial charge in [0.05, 0.1) is 28.6 Å². The molecule has 0 aliphatic rings. The number of ether oxygens (including phenoxy) is 2. The first kappa shape index (κ1) is 24.5. The highest BCUT2D eigenvalue weighted by molar-refractivity contribution is 7.15. The number of esters is 1. The van der Waals surface area contributed by atoms with Gasteiger partial charge in [-0.25, -0.2) is 15.0 Å². The quantitative estimate of drug-likeness (QED) is 0.190. The molecule has 3 heterocycles. The van der Waals surface area contributed by atoms with Gasteiger partial charge >= 0.3 is 5.97 Å². The Bertz CT molecular complexity index is 1030. The number of carbonyl (C=O) groups excluding carboxylic acids is 1. The van der Waals surface area contributed by atoms with Crippen LogP contribution in [0.25, 0.3) is 21.6 Å². The van der Waals surface area contributed by atoms with Gasteiger partial charge in [-0.1, -0.05) is 33.0 Å². The van der Waals surface area contributed by atoms with Crippen molar-refractivity contribution in [2.45, 2.75) is 71.4 Å². The number of hydrogen-bond acceptors (Lipinski definition) is 7. The maximum absolute atomic E-state index is 12.0. The molecule has 0 fully saturated rings. The predicted octanol–water partition coefficient (Wildman–Crippen LogP) is 5.70. The molecule has 7 nitrogen and oxygen atoms in total. The molecule has 3 rings (SSSR count). The van der Waals surface area contributed by atoms with Crippen LogP contribution in [0.2, 0.25) is 25.7 Å². The molecule has 0 N–H and O–H groups in total. The van der Waals surface area contributed by atoms with Gasteiger partial charge in [0.25, 0.3) is 0 Å². The molecule has 0 saturated carbocycles. The molecule has 0 aliphatic heterocycles. The van der Waals surface area contributed by atoms with Crippen LogP contribution in [-0.2, 0) is 21.0 Å². The van der Waals surface area contributed by atoms with Crippen LogP contribution in [0.3, 0.4) is 0 Å². The molecular formula is C23H34N4O3SSi. The summed E-state index contributed by atoms with van der Waals surface area (Å²) in [5, 5.41) is 1.93. The molecule has 32 heavy (non-hydrogen) atoms. The average molecular weight is 475 g/mol. The SMILES string of the molecule is CCCC(CC(=O)OCC)c1ncc(-c2ncnc3c2ccn3COCC[Si](C)(C)C)s1. The summed E-state index contributed by atoms with van der Waals surface area (Å²) in [6.45, 7) is 12.7. The first-order valence-electron chi connectivity index (χ1n) is 11.3. The summed E-state index contributed by atoms with van der Waals surface area (Å²) in [6.07, 6.45) is 7.70. The molecule has 9 heteroatoms. The minimum Gasteiger partial charge on any atom is -0.466 e. The van der Waals surface area contributed by atoms with Gasteiger partial charge in [0, 0.05) is 38.4 Å². The van der Waals surface area contributed by atoms with Gasteiger partial charge in [0.1, 0.15) is 18.7 Å². The lowest BCUT2D eigenvalue weighted by Gasteiger charge is -2.15. The van der Waals surface area contributed by atoms with Crippen molar-refractivity contribution in [3.63, 3.8) is 0 Å². The second-order valence-corrected chi connectivity index (χ2v) is 15.8. The molecule has 3 aromatic rings. The number of rotatable bonds is 12. The fourth-order valence-electron chi connectivity index (χ4n) is 3.51. The van der Waals surface area contributed by atoms with Crippen LogP contribution >= 0.6 is 11.3 Å². The molecular weight excluding hydrogens is 440 g/mol. The zero-order chi connectivity index (χ0) is 23.1. The maximum atomic E-state index is 12.0. The highest BCUT2D eigenvalue weighted by Gasteiger charge is 2.21. The molecule has 0 bridgehead atoms. The van der Waals surface area contributed by atoms with Gasteiger partial charge in [-0.05, 0) is 25.5 Å². The second kappa shape index (κ2) is 11.2. The number of thiazole rings is 1. The van der Waals surface area contributed by atoms with E-state index in [-0.39, 0.29) is 11.9 Å². The maximum Gasteiger partial charge on any atom is 0.306 e. The Morgan fingerprint density at radius 2 is 2.03 bits per heavy atom. The zero-order valence-corrected chi connectivity index (χ0v) is 21.6. The Kier molecular flexibility index (Phi) is 8.55. The Morgan fingerprint density at radius 1 is 1.22 bits per heavy atom. The lowest BCUT2D eigenvalue weighted by atomic mass is 10.0. The number of fused-ring (bicyclic) bond motifs is 1. The van der Waals surface area contributed by atoms with E-state index in [1.165, 1.54) is 0 Å². The first-order valence-corrected chi connectivity index (χ1v) is 15.8. The van der Waals surface area contributed by atoms with Crippen molar-refractivity contribution in [2.75, 3.05) is 13.2 Å². The Hall–Kier alpha value is -2.10. The molecule has 0 aliphatic carbocycles. The third-order valence-electron chi connectivity index (χ3n) is 5.24. The van der Waals surface area contributed by atoms with Crippen molar-refractivity contribution in [3.05, 3.63) is 29.8 Å². The van der Waals surface area contributed by atoms with Crippen LogP contribution in [0.15, 0.2) is 24.8 Å². The van der Waals surface area contributed by atoms with E-state index in [0.29, 0.717) is 19.8 Å². The van der Waals surface area contributed by atoms with E-state index in [2.05, 4.69) is 41.5 Å². The van der Waals surface area contributed by atoms with Crippen LogP contribution in [0.4, 0.5) is 0 Å². The molecule has 1 atom stereocenters. The Labute approximate surface area is 195 Å². The molecule has 0 saturated heterocycles. The van der Waals surface area contributed by atoms with Crippen molar-refractivity contribution in [1.82, 2.24) is 19.5 Å². The van der Waals surface area contributed by atoms with E-state index in [9.17, 15) is 4.79 Å². The summed E-state index contributed by atoms with van der Waals surface area (Å²) in [7, 11) is -1.11. The largest absolute Gasteiger partial charge is 0.466 e. The molecule has 0 amide bonds. The highest BCUT2D eigenvalue weighted by Crippen LogP contribution is 2.35. The minimum atomic E-state index is -1.11.